The van der Waals surface area contributed by atoms with E-state index in [4.69, 9.17) is 11.1 Å². The van der Waals surface area contributed by atoms with Gasteiger partial charge in [0, 0.05) is 38.0 Å². The second kappa shape index (κ2) is 6.66. The molecule has 24 heavy (non-hydrogen) atoms. The van der Waals surface area contributed by atoms with E-state index in [1.54, 1.807) is 0 Å². The number of nitrogens with zero attached hydrogens (tertiary/aromatic N) is 4. The van der Waals surface area contributed by atoms with Crippen LogP contribution >= 0.6 is 0 Å². The third-order valence-corrected chi connectivity index (χ3v) is 4.20. The molecular formula is C17H20N6O. The van der Waals surface area contributed by atoms with Crippen molar-refractivity contribution in [3.8, 4) is 0 Å². The Kier molecular flexibility index (Phi) is 4.41. The normalized spacial score (nSPS) is 14.5. The summed E-state index contributed by atoms with van der Waals surface area (Å²) in [5.41, 5.74) is 8.18. The van der Waals surface area contributed by atoms with E-state index in [0.29, 0.717) is 48.9 Å². The maximum atomic E-state index is 12.6. The van der Waals surface area contributed by atoms with E-state index in [9.17, 15) is 4.79 Å². The van der Waals surface area contributed by atoms with Crippen molar-refractivity contribution in [1.29, 1.82) is 5.41 Å². The zero-order valence-electron chi connectivity index (χ0n) is 13.6. The first-order chi connectivity index (χ1) is 11.6. The highest BCUT2D eigenvalue weighted by Gasteiger charge is 2.24. The Hall–Kier alpha value is -2.96. The molecule has 0 bridgehead atoms. The number of aryl methyl sites for hydroxylation is 1. The summed E-state index contributed by atoms with van der Waals surface area (Å²) in [5.74, 6) is 0.997. The number of nitrogens with two attached hydrogens (primary N) is 1. The molecule has 7 heteroatoms. The largest absolute Gasteiger partial charge is 0.383 e. The Morgan fingerprint density at radius 1 is 1.17 bits per heavy atom. The minimum absolute atomic E-state index is 0.0455. The van der Waals surface area contributed by atoms with Gasteiger partial charge in [-0.25, -0.2) is 9.97 Å². The molecule has 0 unspecified atom stereocenters. The van der Waals surface area contributed by atoms with Crippen LogP contribution in [0.4, 0.5) is 11.6 Å². The van der Waals surface area contributed by atoms with Gasteiger partial charge in [-0.3, -0.25) is 4.79 Å². The van der Waals surface area contributed by atoms with Gasteiger partial charge in [0.25, 0.3) is 5.91 Å². The molecule has 3 N–H and O–H groups in total. The highest BCUT2D eigenvalue weighted by molar-refractivity contribution is 5.94. The van der Waals surface area contributed by atoms with Crippen LogP contribution in [0.3, 0.4) is 0 Å². The molecule has 2 heterocycles. The first kappa shape index (κ1) is 15.9. The van der Waals surface area contributed by atoms with Crippen molar-refractivity contribution in [2.24, 2.45) is 0 Å². The number of hydrogen-bond donors (Lipinski definition) is 2. The number of nitrogens with one attached hydrogen (secondary N) is 1. The molecule has 1 saturated heterocycles. The number of carbonyl (C=O) groups excluding carboxylic acids is 1. The molecule has 0 atom stereocenters. The van der Waals surface area contributed by atoms with E-state index in [1.165, 1.54) is 12.5 Å². The lowest BCUT2D eigenvalue weighted by Crippen LogP contribution is -2.49. The predicted molar refractivity (Wildman–Crippen MR) is 93.6 cm³/mol. The van der Waals surface area contributed by atoms with E-state index in [1.807, 2.05) is 41.0 Å². The number of piperazine rings is 1. The average molecular weight is 324 g/mol. The first-order valence-electron chi connectivity index (χ1n) is 7.82. The fourth-order valence-electron chi connectivity index (χ4n) is 2.79. The van der Waals surface area contributed by atoms with Crippen molar-refractivity contribution in [2.45, 2.75) is 6.92 Å². The van der Waals surface area contributed by atoms with Crippen molar-refractivity contribution in [3.63, 3.8) is 0 Å². The Bertz CT molecular complexity index is 750. The molecule has 0 radical (unpaired) electrons. The van der Waals surface area contributed by atoms with Gasteiger partial charge in [0.05, 0.1) is 5.56 Å². The monoisotopic (exact) mass is 324 g/mol. The van der Waals surface area contributed by atoms with E-state index >= 15 is 0 Å². The number of carbonyl (C=O) groups is 1. The van der Waals surface area contributed by atoms with Crippen molar-refractivity contribution < 1.29 is 4.79 Å². The van der Waals surface area contributed by atoms with Gasteiger partial charge in [0.1, 0.15) is 18.0 Å². The number of hydrogen-bond acceptors (Lipinski definition) is 6. The maximum absolute atomic E-state index is 12.6. The molecule has 1 aliphatic heterocycles. The van der Waals surface area contributed by atoms with E-state index in [0.717, 1.165) is 5.56 Å². The summed E-state index contributed by atoms with van der Waals surface area (Å²) in [4.78, 5) is 24.6. The summed E-state index contributed by atoms with van der Waals surface area (Å²) in [5, 5.41) is 7.51. The summed E-state index contributed by atoms with van der Waals surface area (Å²) in [7, 11) is 0. The lowest BCUT2D eigenvalue weighted by atomic mass is 10.1. The molecule has 1 aromatic heterocycles. The number of benzene rings is 1. The maximum Gasteiger partial charge on any atom is 0.253 e. The summed E-state index contributed by atoms with van der Waals surface area (Å²) in [6.45, 7) is 4.51. The SMILES string of the molecule is Cc1ccc(C(=O)N2CCN(c3ncnc(N)c3C=N)CC2)cc1. The van der Waals surface area contributed by atoms with Crippen LogP contribution in [0, 0.1) is 12.3 Å². The molecule has 0 spiro atoms. The van der Waals surface area contributed by atoms with Gasteiger partial charge in [-0.05, 0) is 19.1 Å². The van der Waals surface area contributed by atoms with Gasteiger partial charge in [-0.1, -0.05) is 17.7 Å². The van der Waals surface area contributed by atoms with Crippen LogP contribution < -0.4 is 10.6 Å². The molecule has 1 fully saturated rings. The highest BCUT2D eigenvalue weighted by atomic mass is 16.2. The summed E-state index contributed by atoms with van der Waals surface area (Å²) in [6, 6.07) is 7.62. The molecule has 1 aromatic carbocycles. The Morgan fingerprint density at radius 3 is 2.46 bits per heavy atom. The summed E-state index contributed by atoms with van der Waals surface area (Å²) >= 11 is 0. The quantitative estimate of drug-likeness (QED) is 0.830. The third kappa shape index (κ3) is 3.05. The topological polar surface area (TPSA) is 99.2 Å². The van der Waals surface area contributed by atoms with Gasteiger partial charge < -0.3 is 20.9 Å². The van der Waals surface area contributed by atoms with Gasteiger partial charge in [-0.15, -0.1) is 0 Å². The smallest absolute Gasteiger partial charge is 0.253 e. The van der Waals surface area contributed by atoms with Crippen LogP contribution in [0.2, 0.25) is 0 Å². The second-order valence-corrected chi connectivity index (χ2v) is 5.79. The average Bonchev–Trinajstić information content (AvgIpc) is 2.62. The molecular weight excluding hydrogens is 304 g/mol. The molecule has 1 amide bonds. The number of anilines is 2. The van der Waals surface area contributed by atoms with Crippen LogP contribution in [0.5, 0.6) is 0 Å². The van der Waals surface area contributed by atoms with Crippen LogP contribution in [0.25, 0.3) is 0 Å². The Balaban J connectivity index is 1.70. The van der Waals surface area contributed by atoms with Crippen molar-refractivity contribution in [3.05, 3.63) is 47.3 Å². The van der Waals surface area contributed by atoms with Crippen molar-refractivity contribution in [2.75, 3.05) is 36.8 Å². The van der Waals surface area contributed by atoms with E-state index < -0.39 is 0 Å². The Labute approximate surface area is 140 Å². The fraction of sp³-hybridized carbons (Fsp3) is 0.294. The van der Waals surface area contributed by atoms with Crippen LogP contribution in [0.15, 0.2) is 30.6 Å². The van der Waals surface area contributed by atoms with Crippen molar-refractivity contribution in [1.82, 2.24) is 14.9 Å². The lowest BCUT2D eigenvalue weighted by molar-refractivity contribution is 0.0746. The van der Waals surface area contributed by atoms with Gasteiger partial charge in [0.15, 0.2) is 0 Å². The number of amides is 1. The van der Waals surface area contributed by atoms with Crippen LogP contribution in [-0.2, 0) is 0 Å². The van der Waals surface area contributed by atoms with Gasteiger partial charge in [0.2, 0.25) is 0 Å². The number of nitrogen functional groups attached to an aromatic ring is 1. The molecule has 3 rings (SSSR count). The second-order valence-electron chi connectivity index (χ2n) is 5.79. The van der Waals surface area contributed by atoms with Crippen molar-refractivity contribution >= 4 is 23.8 Å². The van der Waals surface area contributed by atoms with E-state index in [2.05, 4.69) is 9.97 Å². The molecule has 0 aliphatic carbocycles. The molecule has 2 aromatic rings. The zero-order chi connectivity index (χ0) is 17.1. The predicted octanol–water partition coefficient (Wildman–Crippen LogP) is 1.33. The Morgan fingerprint density at radius 2 is 1.83 bits per heavy atom. The number of rotatable bonds is 3. The number of aromatic nitrogens is 2. The zero-order valence-corrected chi connectivity index (χ0v) is 13.6. The third-order valence-electron chi connectivity index (χ3n) is 4.20. The molecule has 1 aliphatic rings. The minimum Gasteiger partial charge on any atom is -0.383 e. The molecule has 7 nitrogen and oxygen atoms in total. The summed E-state index contributed by atoms with van der Waals surface area (Å²) in [6.07, 6.45) is 2.58. The minimum atomic E-state index is 0.0455. The highest BCUT2D eigenvalue weighted by Crippen LogP contribution is 2.21. The van der Waals surface area contributed by atoms with Crippen LogP contribution in [0.1, 0.15) is 21.5 Å². The molecule has 0 saturated carbocycles. The lowest BCUT2D eigenvalue weighted by Gasteiger charge is -2.36. The van der Waals surface area contributed by atoms with Gasteiger partial charge in [-0.2, -0.15) is 0 Å². The molecule has 124 valence electrons. The standard InChI is InChI=1S/C17H20N6O/c1-12-2-4-13(5-3-12)17(24)23-8-6-22(7-9-23)16-14(10-18)15(19)20-11-21-16/h2-5,10-11,18H,6-9H2,1H3,(H2,19,20,21). The van der Waals surface area contributed by atoms with E-state index in [-0.39, 0.29) is 5.91 Å². The fourth-order valence-corrected chi connectivity index (χ4v) is 2.79. The summed E-state index contributed by atoms with van der Waals surface area (Å²) < 4.78 is 0. The van der Waals surface area contributed by atoms with Crippen LogP contribution in [-0.4, -0.2) is 53.2 Å². The first-order valence-corrected chi connectivity index (χ1v) is 7.82. The van der Waals surface area contributed by atoms with Gasteiger partial charge >= 0.3 is 0 Å².